The van der Waals surface area contributed by atoms with E-state index in [4.69, 9.17) is 0 Å². The molecule has 1 saturated carbocycles. The standard InChI is InChI=1S/C19H16FN3O5/c20-12-3-10-11(4-14(12)22-7-19(8-22)5-9(24)6-19)18(28)23(17(10)27)13-1-2-15(25)21-16(13)26/h3-4,13H,1-2,5-8H2,(H,21,25,26). The lowest BCUT2D eigenvalue weighted by Crippen LogP contribution is -2.63. The summed E-state index contributed by atoms with van der Waals surface area (Å²) >= 11 is 0. The van der Waals surface area contributed by atoms with Gasteiger partial charge in [0.25, 0.3) is 11.8 Å². The van der Waals surface area contributed by atoms with E-state index >= 15 is 0 Å². The zero-order chi connectivity index (χ0) is 19.8. The maximum Gasteiger partial charge on any atom is 0.262 e. The van der Waals surface area contributed by atoms with Gasteiger partial charge in [0.1, 0.15) is 17.6 Å². The molecule has 1 aliphatic carbocycles. The van der Waals surface area contributed by atoms with Gasteiger partial charge in [-0.15, -0.1) is 0 Å². The number of rotatable bonds is 2. The monoisotopic (exact) mass is 385 g/mol. The second-order valence-electron chi connectivity index (χ2n) is 8.04. The van der Waals surface area contributed by atoms with Crippen LogP contribution in [0.2, 0.25) is 0 Å². The molecule has 4 amide bonds. The number of amides is 4. The Bertz CT molecular complexity index is 988. The summed E-state index contributed by atoms with van der Waals surface area (Å²) in [5.41, 5.74) is 0.109. The van der Waals surface area contributed by atoms with E-state index in [0.29, 0.717) is 25.9 Å². The number of halogens is 1. The molecule has 0 aromatic heterocycles. The average molecular weight is 385 g/mol. The lowest BCUT2D eigenvalue weighted by atomic mass is 9.62. The van der Waals surface area contributed by atoms with Crippen molar-refractivity contribution in [1.82, 2.24) is 10.2 Å². The molecule has 1 unspecified atom stereocenters. The minimum Gasteiger partial charge on any atom is -0.368 e. The Morgan fingerprint density at radius 2 is 1.64 bits per heavy atom. The molecule has 3 aliphatic heterocycles. The Hall–Kier alpha value is -3.10. The van der Waals surface area contributed by atoms with Crippen molar-refractivity contribution in [3.05, 3.63) is 29.1 Å². The molecule has 0 radical (unpaired) electrons. The molecule has 2 saturated heterocycles. The molecule has 1 atom stereocenters. The lowest BCUT2D eigenvalue weighted by Gasteiger charge is -2.55. The zero-order valence-electron chi connectivity index (χ0n) is 14.8. The van der Waals surface area contributed by atoms with Crippen molar-refractivity contribution >= 4 is 35.1 Å². The third-order valence-electron chi connectivity index (χ3n) is 6.04. The van der Waals surface area contributed by atoms with Crippen LogP contribution < -0.4 is 10.2 Å². The van der Waals surface area contributed by atoms with E-state index < -0.39 is 35.5 Å². The summed E-state index contributed by atoms with van der Waals surface area (Å²) in [4.78, 5) is 62.7. The second-order valence-corrected chi connectivity index (χ2v) is 8.04. The molecule has 28 heavy (non-hydrogen) atoms. The van der Waals surface area contributed by atoms with Crippen molar-refractivity contribution in [2.45, 2.75) is 31.7 Å². The number of nitrogens with one attached hydrogen (secondary N) is 1. The van der Waals surface area contributed by atoms with Gasteiger partial charge in [-0.3, -0.25) is 34.2 Å². The summed E-state index contributed by atoms with van der Waals surface area (Å²) in [7, 11) is 0. The van der Waals surface area contributed by atoms with Crippen molar-refractivity contribution in [2.75, 3.05) is 18.0 Å². The number of hydrogen-bond donors (Lipinski definition) is 1. The number of carbonyl (C=O) groups is 5. The van der Waals surface area contributed by atoms with Crippen LogP contribution in [-0.2, 0) is 14.4 Å². The Morgan fingerprint density at radius 3 is 2.25 bits per heavy atom. The van der Waals surface area contributed by atoms with Crippen LogP contribution in [0.5, 0.6) is 0 Å². The molecule has 1 aromatic carbocycles. The minimum atomic E-state index is -1.08. The van der Waals surface area contributed by atoms with Gasteiger partial charge in [0, 0.05) is 37.8 Å². The predicted molar refractivity (Wildman–Crippen MR) is 92.0 cm³/mol. The smallest absolute Gasteiger partial charge is 0.262 e. The summed E-state index contributed by atoms with van der Waals surface area (Å²) in [5.74, 6) is -2.96. The first-order valence-corrected chi connectivity index (χ1v) is 9.10. The van der Waals surface area contributed by atoms with E-state index in [9.17, 15) is 28.4 Å². The van der Waals surface area contributed by atoms with Gasteiger partial charge in [-0.05, 0) is 18.6 Å². The average Bonchev–Trinajstić information content (AvgIpc) is 2.80. The molecular weight excluding hydrogens is 369 g/mol. The maximum atomic E-state index is 14.6. The van der Waals surface area contributed by atoms with Crippen molar-refractivity contribution < 1.29 is 28.4 Å². The van der Waals surface area contributed by atoms with Crippen LogP contribution >= 0.6 is 0 Å². The third-order valence-corrected chi connectivity index (χ3v) is 6.04. The van der Waals surface area contributed by atoms with Crippen LogP contribution in [0.4, 0.5) is 10.1 Å². The molecule has 1 N–H and O–H groups in total. The van der Waals surface area contributed by atoms with Crippen molar-refractivity contribution in [2.24, 2.45) is 5.41 Å². The Balaban J connectivity index is 1.42. The van der Waals surface area contributed by atoms with Gasteiger partial charge in [0.2, 0.25) is 11.8 Å². The molecule has 5 rings (SSSR count). The molecular formula is C19H16FN3O5. The van der Waals surface area contributed by atoms with Gasteiger partial charge in [0.05, 0.1) is 16.8 Å². The molecule has 1 spiro atoms. The first-order valence-electron chi connectivity index (χ1n) is 9.10. The molecule has 8 nitrogen and oxygen atoms in total. The highest BCUT2D eigenvalue weighted by atomic mass is 19.1. The number of piperidine rings is 1. The normalized spacial score (nSPS) is 25.6. The highest BCUT2D eigenvalue weighted by Gasteiger charge is 2.53. The molecule has 4 aliphatic rings. The minimum absolute atomic E-state index is 0.0258. The summed E-state index contributed by atoms with van der Waals surface area (Å²) in [6.45, 7) is 1.07. The highest BCUT2D eigenvalue weighted by Crippen LogP contribution is 2.48. The van der Waals surface area contributed by atoms with Gasteiger partial charge in [-0.2, -0.15) is 0 Å². The van der Waals surface area contributed by atoms with E-state index in [1.165, 1.54) is 6.07 Å². The quantitative estimate of drug-likeness (QED) is 0.739. The number of carbonyl (C=O) groups excluding carboxylic acids is 5. The van der Waals surface area contributed by atoms with Gasteiger partial charge in [-0.25, -0.2) is 4.39 Å². The van der Waals surface area contributed by atoms with Gasteiger partial charge in [-0.1, -0.05) is 0 Å². The SMILES string of the molecule is O=C1CC2(C1)CN(c1cc3c(cc1F)C(=O)N(C1CCC(=O)NC1=O)C3=O)C2. The van der Waals surface area contributed by atoms with Crippen molar-refractivity contribution in [1.29, 1.82) is 0 Å². The Morgan fingerprint density at radius 1 is 1.00 bits per heavy atom. The molecule has 144 valence electrons. The van der Waals surface area contributed by atoms with Crippen LogP contribution in [0.1, 0.15) is 46.4 Å². The Kier molecular flexibility index (Phi) is 3.32. The molecule has 3 fully saturated rings. The predicted octanol–water partition coefficient (Wildman–Crippen LogP) is 0.396. The molecule has 3 heterocycles. The first kappa shape index (κ1) is 17.0. The number of fused-ring (bicyclic) bond motifs is 1. The van der Waals surface area contributed by atoms with E-state index in [0.717, 1.165) is 11.0 Å². The summed E-state index contributed by atoms with van der Waals surface area (Å²) in [5, 5.41) is 2.13. The number of nitrogens with zero attached hydrogens (tertiary/aromatic N) is 2. The zero-order valence-corrected chi connectivity index (χ0v) is 14.8. The third kappa shape index (κ3) is 2.25. The molecule has 9 heteroatoms. The van der Waals surface area contributed by atoms with Crippen LogP contribution in [0, 0.1) is 11.2 Å². The van der Waals surface area contributed by atoms with E-state index in [1.54, 1.807) is 4.90 Å². The van der Waals surface area contributed by atoms with E-state index in [2.05, 4.69) is 5.32 Å². The largest absolute Gasteiger partial charge is 0.368 e. The number of imide groups is 2. The van der Waals surface area contributed by atoms with Crippen LogP contribution in [0.3, 0.4) is 0 Å². The molecule has 1 aromatic rings. The summed E-state index contributed by atoms with van der Waals surface area (Å²) in [6, 6.07) is 1.31. The van der Waals surface area contributed by atoms with Crippen molar-refractivity contribution in [3.63, 3.8) is 0 Å². The summed E-state index contributed by atoms with van der Waals surface area (Å²) in [6.07, 6.45) is 1.07. The number of benzene rings is 1. The second kappa shape index (κ2) is 5.46. The lowest BCUT2D eigenvalue weighted by molar-refractivity contribution is -0.136. The van der Waals surface area contributed by atoms with Crippen LogP contribution in [-0.4, -0.2) is 53.4 Å². The van der Waals surface area contributed by atoms with Crippen LogP contribution in [0.25, 0.3) is 0 Å². The van der Waals surface area contributed by atoms with Gasteiger partial charge >= 0.3 is 0 Å². The number of hydrogen-bond acceptors (Lipinski definition) is 6. The Labute approximate surface area is 158 Å². The van der Waals surface area contributed by atoms with Gasteiger partial charge in [0.15, 0.2) is 0 Å². The summed E-state index contributed by atoms with van der Waals surface area (Å²) < 4.78 is 14.6. The topological polar surface area (TPSA) is 104 Å². The maximum absolute atomic E-state index is 14.6. The highest BCUT2D eigenvalue weighted by molar-refractivity contribution is 6.23. The number of anilines is 1. The van der Waals surface area contributed by atoms with E-state index in [1.807, 2.05) is 0 Å². The fourth-order valence-corrected chi connectivity index (χ4v) is 4.66. The fraction of sp³-hybridized carbons (Fsp3) is 0.421. The number of Topliss-reactive ketones (excluding diaryl/α,β-unsaturated/α-hetero) is 1. The van der Waals surface area contributed by atoms with Crippen LogP contribution in [0.15, 0.2) is 12.1 Å². The van der Waals surface area contributed by atoms with Gasteiger partial charge < -0.3 is 4.90 Å². The number of ketones is 1. The first-order chi connectivity index (χ1) is 13.3. The fourth-order valence-electron chi connectivity index (χ4n) is 4.66. The van der Waals surface area contributed by atoms with Crippen molar-refractivity contribution in [3.8, 4) is 0 Å². The molecule has 0 bridgehead atoms. The van der Waals surface area contributed by atoms with E-state index in [-0.39, 0.29) is 40.9 Å².